The van der Waals surface area contributed by atoms with Crippen LogP contribution in [0.5, 0.6) is 0 Å². The lowest BCUT2D eigenvalue weighted by molar-refractivity contribution is -0.149. The Balaban J connectivity index is 4.07. The summed E-state index contributed by atoms with van der Waals surface area (Å²) in [5, 5.41) is 15.7. The molecule has 0 saturated heterocycles. The van der Waals surface area contributed by atoms with Crippen molar-refractivity contribution in [2.75, 3.05) is 13.1 Å². The van der Waals surface area contributed by atoms with Gasteiger partial charge in [-0.25, -0.2) is 4.79 Å². The molecule has 4 N–H and O–H groups in total. The second kappa shape index (κ2) is 8.23. The second-order valence-corrected chi connectivity index (χ2v) is 5.79. The van der Waals surface area contributed by atoms with Crippen LogP contribution in [0.25, 0.3) is 0 Å². The van der Waals surface area contributed by atoms with Crippen molar-refractivity contribution in [1.29, 1.82) is 0 Å². The Bertz CT molecular complexity index is 418. The molecule has 0 aliphatic rings. The van der Waals surface area contributed by atoms with Gasteiger partial charge in [-0.2, -0.15) is 0 Å². The maximum Gasteiger partial charge on any atom is 0.321 e. The Hall–Kier alpha value is -2.12. The SMILES string of the molecule is CC(C)CNC(=O)CNC(=O)NC(=O)CC(C)(C)C(=O)O. The number of urea groups is 1. The number of carbonyl (C=O) groups excluding carboxylic acids is 3. The van der Waals surface area contributed by atoms with Crippen LogP contribution in [0, 0.1) is 11.3 Å². The average Bonchev–Trinajstić information content (AvgIpc) is 2.32. The molecule has 4 amide bonds. The molecule has 0 rings (SSSR count). The zero-order chi connectivity index (χ0) is 16.6. The van der Waals surface area contributed by atoms with E-state index in [1.807, 2.05) is 19.2 Å². The number of amides is 4. The number of imide groups is 1. The molecular weight excluding hydrogens is 278 g/mol. The van der Waals surface area contributed by atoms with Crippen LogP contribution in [0.3, 0.4) is 0 Å². The van der Waals surface area contributed by atoms with Crippen LogP contribution >= 0.6 is 0 Å². The Morgan fingerprint density at radius 1 is 1.05 bits per heavy atom. The lowest BCUT2D eigenvalue weighted by Crippen LogP contribution is -2.45. The summed E-state index contributed by atoms with van der Waals surface area (Å²) in [5.41, 5.74) is -1.26. The molecule has 0 aliphatic carbocycles. The van der Waals surface area contributed by atoms with E-state index in [2.05, 4.69) is 10.6 Å². The summed E-state index contributed by atoms with van der Waals surface area (Å²) in [6.45, 7) is 6.87. The molecule has 0 aromatic carbocycles. The first-order valence-electron chi connectivity index (χ1n) is 6.62. The van der Waals surface area contributed by atoms with Gasteiger partial charge in [0.1, 0.15) is 0 Å². The van der Waals surface area contributed by atoms with E-state index in [9.17, 15) is 19.2 Å². The maximum atomic E-state index is 11.5. The van der Waals surface area contributed by atoms with Gasteiger partial charge in [0.15, 0.2) is 0 Å². The third-order valence-corrected chi connectivity index (χ3v) is 2.55. The van der Waals surface area contributed by atoms with E-state index in [-0.39, 0.29) is 18.9 Å². The van der Waals surface area contributed by atoms with Crippen molar-refractivity contribution >= 4 is 23.8 Å². The molecule has 0 aromatic heterocycles. The van der Waals surface area contributed by atoms with Crippen LogP contribution < -0.4 is 16.0 Å². The highest BCUT2D eigenvalue weighted by atomic mass is 16.4. The molecule has 0 bridgehead atoms. The lowest BCUT2D eigenvalue weighted by Gasteiger charge is -2.17. The highest BCUT2D eigenvalue weighted by Gasteiger charge is 2.30. The minimum absolute atomic E-state index is 0.256. The van der Waals surface area contributed by atoms with Gasteiger partial charge in [0, 0.05) is 13.0 Å². The average molecular weight is 301 g/mol. The molecule has 0 saturated carbocycles. The van der Waals surface area contributed by atoms with Crippen LogP contribution in [0.2, 0.25) is 0 Å². The molecule has 0 radical (unpaired) electrons. The fraction of sp³-hybridized carbons (Fsp3) is 0.692. The topological polar surface area (TPSA) is 125 Å². The summed E-state index contributed by atoms with van der Waals surface area (Å²) >= 11 is 0. The standard InChI is InChI=1S/C13H23N3O5/c1-8(2)6-14-10(18)7-15-12(21)16-9(17)5-13(3,4)11(19)20/h8H,5-7H2,1-4H3,(H,14,18)(H,19,20)(H2,15,16,17,21). The molecule has 0 spiro atoms. The van der Waals surface area contributed by atoms with Gasteiger partial charge in [-0.15, -0.1) is 0 Å². The first kappa shape index (κ1) is 18.9. The first-order chi connectivity index (χ1) is 9.54. The van der Waals surface area contributed by atoms with Crippen molar-refractivity contribution in [3.8, 4) is 0 Å². The zero-order valence-electron chi connectivity index (χ0n) is 12.8. The van der Waals surface area contributed by atoms with Gasteiger partial charge in [-0.1, -0.05) is 13.8 Å². The smallest absolute Gasteiger partial charge is 0.321 e. The summed E-state index contributed by atoms with van der Waals surface area (Å²) in [6, 6.07) is -0.833. The Labute approximate surface area is 123 Å². The number of hydrogen-bond donors (Lipinski definition) is 4. The Morgan fingerprint density at radius 3 is 2.10 bits per heavy atom. The largest absolute Gasteiger partial charge is 0.481 e. The van der Waals surface area contributed by atoms with Crippen molar-refractivity contribution in [2.45, 2.75) is 34.1 Å². The van der Waals surface area contributed by atoms with E-state index < -0.39 is 23.3 Å². The predicted octanol–water partition coefficient (Wildman–Crippen LogP) is 0.0853. The number of rotatable bonds is 7. The third-order valence-electron chi connectivity index (χ3n) is 2.55. The van der Waals surface area contributed by atoms with Gasteiger partial charge < -0.3 is 15.7 Å². The fourth-order valence-corrected chi connectivity index (χ4v) is 1.23. The summed E-state index contributed by atoms with van der Waals surface area (Å²) < 4.78 is 0. The van der Waals surface area contributed by atoms with Crippen molar-refractivity contribution in [3.63, 3.8) is 0 Å². The number of hydrogen-bond acceptors (Lipinski definition) is 4. The molecule has 8 heteroatoms. The van der Waals surface area contributed by atoms with E-state index >= 15 is 0 Å². The van der Waals surface area contributed by atoms with Crippen LogP contribution in [0.4, 0.5) is 4.79 Å². The first-order valence-corrected chi connectivity index (χ1v) is 6.62. The minimum atomic E-state index is -1.26. The zero-order valence-corrected chi connectivity index (χ0v) is 12.8. The normalized spacial score (nSPS) is 10.9. The quantitative estimate of drug-likeness (QED) is 0.530. The van der Waals surface area contributed by atoms with E-state index in [1.165, 1.54) is 13.8 Å². The third kappa shape index (κ3) is 8.61. The van der Waals surface area contributed by atoms with Crippen LogP contribution in [0.15, 0.2) is 0 Å². The van der Waals surface area contributed by atoms with Crippen molar-refractivity contribution in [1.82, 2.24) is 16.0 Å². The molecule has 120 valence electrons. The maximum absolute atomic E-state index is 11.5. The molecule has 0 aliphatic heterocycles. The van der Waals surface area contributed by atoms with E-state index in [0.717, 1.165) is 0 Å². The van der Waals surface area contributed by atoms with Crippen LogP contribution in [-0.2, 0) is 14.4 Å². The number of carbonyl (C=O) groups is 4. The van der Waals surface area contributed by atoms with Gasteiger partial charge in [-0.3, -0.25) is 19.7 Å². The molecule has 0 aromatic rings. The van der Waals surface area contributed by atoms with Gasteiger partial charge >= 0.3 is 12.0 Å². The van der Waals surface area contributed by atoms with Gasteiger partial charge in [0.05, 0.1) is 12.0 Å². The number of carboxylic acids is 1. The van der Waals surface area contributed by atoms with Crippen molar-refractivity contribution < 1.29 is 24.3 Å². The van der Waals surface area contributed by atoms with Gasteiger partial charge in [0.25, 0.3) is 0 Å². The van der Waals surface area contributed by atoms with Crippen molar-refractivity contribution in [2.24, 2.45) is 11.3 Å². The molecule has 0 atom stereocenters. The van der Waals surface area contributed by atoms with E-state index in [4.69, 9.17) is 5.11 Å². The summed E-state index contributed by atoms with van der Waals surface area (Å²) in [7, 11) is 0. The fourth-order valence-electron chi connectivity index (χ4n) is 1.23. The number of nitrogens with one attached hydrogen (secondary N) is 3. The number of carboxylic acid groups (broad SMARTS) is 1. The van der Waals surface area contributed by atoms with Crippen molar-refractivity contribution in [3.05, 3.63) is 0 Å². The molecule has 0 fully saturated rings. The van der Waals surface area contributed by atoms with Crippen LogP contribution in [0.1, 0.15) is 34.1 Å². The Morgan fingerprint density at radius 2 is 1.62 bits per heavy atom. The number of aliphatic carboxylic acids is 1. The molecule has 21 heavy (non-hydrogen) atoms. The van der Waals surface area contributed by atoms with Gasteiger partial charge in [-0.05, 0) is 19.8 Å². The molecule has 0 unspecified atom stereocenters. The van der Waals surface area contributed by atoms with Gasteiger partial charge in [0.2, 0.25) is 11.8 Å². The summed E-state index contributed by atoms with van der Waals surface area (Å²) in [6.07, 6.45) is -0.338. The van der Waals surface area contributed by atoms with E-state index in [1.54, 1.807) is 0 Å². The molecule has 0 heterocycles. The monoisotopic (exact) mass is 301 g/mol. The predicted molar refractivity (Wildman–Crippen MR) is 75.4 cm³/mol. The minimum Gasteiger partial charge on any atom is -0.481 e. The lowest BCUT2D eigenvalue weighted by atomic mass is 9.89. The second-order valence-electron chi connectivity index (χ2n) is 5.79. The van der Waals surface area contributed by atoms with E-state index in [0.29, 0.717) is 12.5 Å². The summed E-state index contributed by atoms with van der Waals surface area (Å²) in [5.74, 6) is -1.92. The molecule has 8 nitrogen and oxygen atoms in total. The molecular formula is C13H23N3O5. The highest BCUT2D eigenvalue weighted by molar-refractivity contribution is 5.97. The van der Waals surface area contributed by atoms with Crippen LogP contribution in [-0.4, -0.2) is 42.0 Å². The highest BCUT2D eigenvalue weighted by Crippen LogP contribution is 2.19. The summed E-state index contributed by atoms with van der Waals surface area (Å²) in [4.78, 5) is 45.1. The Kier molecular flexibility index (Phi) is 7.40.